The molecule has 152 valence electrons. The van der Waals surface area contributed by atoms with Gasteiger partial charge in [0.05, 0.1) is 6.54 Å². The lowest BCUT2D eigenvalue weighted by Gasteiger charge is -2.24. The molecule has 0 saturated heterocycles. The minimum absolute atomic E-state index is 0.181. The van der Waals surface area contributed by atoms with Gasteiger partial charge in [-0.25, -0.2) is 4.39 Å². The van der Waals surface area contributed by atoms with Gasteiger partial charge in [-0.2, -0.15) is 0 Å². The number of hydrogen-bond acceptors (Lipinski definition) is 1. The second kappa shape index (κ2) is 10.6. The summed E-state index contributed by atoms with van der Waals surface area (Å²) in [5.74, 6) is -0.0474. The summed E-state index contributed by atoms with van der Waals surface area (Å²) >= 11 is 0. The zero-order chi connectivity index (χ0) is 20.5. The first-order chi connectivity index (χ1) is 14.2. The minimum Gasteiger partial charge on any atom is -0.345 e. The van der Waals surface area contributed by atoms with Gasteiger partial charge in [0, 0.05) is 31.4 Å². The van der Waals surface area contributed by atoms with Crippen LogP contribution in [0, 0.1) is 5.82 Å². The van der Waals surface area contributed by atoms with E-state index in [1.54, 1.807) is 12.1 Å². The number of aromatic nitrogens is 1. The molecule has 3 nitrogen and oxygen atoms in total. The van der Waals surface area contributed by atoms with Crippen LogP contribution in [-0.4, -0.2) is 15.4 Å². The zero-order valence-electron chi connectivity index (χ0n) is 17.1. The molecule has 1 amide bonds. The highest BCUT2D eigenvalue weighted by atomic mass is 19.1. The van der Waals surface area contributed by atoms with Gasteiger partial charge in [-0.1, -0.05) is 62.2 Å². The Morgan fingerprint density at radius 1 is 0.931 bits per heavy atom. The topological polar surface area (TPSA) is 25.2 Å². The minimum atomic E-state index is -0.229. The molecule has 0 unspecified atom stereocenters. The fourth-order valence-electron chi connectivity index (χ4n) is 3.50. The molecule has 0 aliphatic carbocycles. The molecule has 3 rings (SSSR count). The summed E-state index contributed by atoms with van der Waals surface area (Å²) in [5, 5.41) is 0. The number of unbranched alkanes of at least 4 members (excludes halogenated alkanes) is 2. The van der Waals surface area contributed by atoms with E-state index in [0.717, 1.165) is 36.1 Å². The number of benzene rings is 2. The molecule has 1 aromatic heterocycles. The molecule has 0 spiro atoms. The Morgan fingerprint density at radius 2 is 1.72 bits per heavy atom. The predicted octanol–water partition coefficient (Wildman–Crippen LogP) is 5.78. The van der Waals surface area contributed by atoms with Crippen molar-refractivity contribution >= 4 is 5.91 Å². The number of rotatable bonds is 10. The highest BCUT2D eigenvalue weighted by molar-refractivity contribution is 5.76. The number of amides is 1. The highest BCUT2D eigenvalue weighted by Crippen LogP contribution is 2.16. The van der Waals surface area contributed by atoms with Gasteiger partial charge < -0.3 is 9.47 Å². The van der Waals surface area contributed by atoms with Crippen LogP contribution in [0.3, 0.4) is 0 Å². The van der Waals surface area contributed by atoms with Crippen molar-refractivity contribution in [2.45, 2.75) is 52.2 Å². The number of hydrogen-bond donors (Lipinski definition) is 0. The van der Waals surface area contributed by atoms with Crippen LogP contribution in [0.25, 0.3) is 0 Å². The van der Waals surface area contributed by atoms with Crippen LogP contribution >= 0.6 is 0 Å². The van der Waals surface area contributed by atoms with Crippen molar-refractivity contribution in [1.29, 1.82) is 0 Å². The lowest BCUT2D eigenvalue weighted by molar-refractivity contribution is -0.132. The number of carbonyl (C=O) groups excluding carboxylic acids is 1. The molecule has 0 N–H and O–H groups in total. The van der Waals surface area contributed by atoms with Gasteiger partial charge >= 0.3 is 0 Å². The van der Waals surface area contributed by atoms with E-state index in [1.807, 2.05) is 47.5 Å². The average molecular weight is 393 g/mol. The number of halogens is 1. The van der Waals surface area contributed by atoms with E-state index in [1.165, 1.54) is 6.07 Å². The lowest BCUT2D eigenvalue weighted by atomic mass is 10.1. The van der Waals surface area contributed by atoms with E-state index in [9.17, 15) is 9.18 Å². The van der Waals surface area contributed by atoms with Gasteiger partial charge in [-0.3, -0.25) is 4.79 Å². The summed E-state index contributed by atoms with van der Waals surface area (Å²) < 4.78 is 15.6. The molecule has 0 fully saturated rings. The van der Waals surface area contributed by atoms with Crippen molar-refractivity contribution in [3.05, 3.63) is 95.6 Å². The van der Waals surface area contributed by atoms with Crippen LogP contribution in [0.15, 0.2) is 72.9 Å². The van der Waals surface area contributed by atoms with Crippen LogP contribution in [0.1, 0.15) is 49.4 Å². The van der Waals surface area contributed by atoms with Crippen molar-refractivity contribution in [1.82, 2.24) is 9.47 Å². The van der Waals surface area contributed by atoms with Crippen molar-refractivity contribution in [3.63, 3.8) is 0 Å². The second-order valence-corrected chi connectivity index (χ2v) is 7.45. The van der Waals surface area contributed by atoms with Gasteiger partial charge in [-0.15, -0.1) is 0 Å². The van der Waals surface area contributed by atoms with Gasteiger partial charge in [-0.05, 0) is 41.8 Å². The molecule has 0 atom stereocenters. The molecule has 0 saturated carbocycles. The molecule has 29 heavy (non-hydrogen) atoms. The molecule has 0 radical (unpaired) electrons. The van der Waals surface area contributed by atoms with Gasteiger partial charge in [0.25, 0.3) is 0 Å². The van der Waals surface area contributed by atoms with E-state index < -0.39 is 0 Å². The van der Waals surface area contributed by atoms with Crippen LogP contribution in [-0.2, 0) is 24.4 Å². The quantitative estimate of drug-likeness (QED) is 0.401. The molecule has 3 aromatic rings. The SMILES string of the molecule is CCCCCC(=O)N(Cc1ccccc1)Cc1cccn1Cc1cccc(F)c1. The monoisotopic (exact) mass is 392 g/mol. The number of carbonyl (C=O) groups is 1. The molecule has 2 aromatic carbocycles. The predicted molar refractivity (Wildman–Crippen MR) is 115 cm³/mol. The van der Waals surface area contributed by atoms with E-state index in [4.69, 9.17) is 0 Å². The van der Waals surface area contributed by atoms with Crippen molar-refractivity contribution < 1.29 is 9.18 Å². The van der Waals surface area contributed by atoms with Gasteiger partial charge in [0.15, 0.2) is 0 Å². The molecule has 4 heteroatoms. The maximum absolute atomic E-state index is 13.5. The molecular formula is C25H29FN2O. The standard InChI is InChI=1S/C25H29FN2O/c1-2-3-5-15-25(29)28(18-21-10-6-4-7-11-21)20-24-14-9-16-27(24)19-22-12-8-13-23(26)17-22/h4,6-14,16-17H,2-3,5,15,18-20H2,1H3. The molecule has 0 bridgehead atoms. The zero-order valence-corrected chi connectivity index (χ0v) is 17.1. The molecule has 0 aliphatic heterocycles. The second-order valence-electron chi connectivity index (χ2n) is 7.45. The Hall–Kier alpha value is -2.88. The average Bonchev–Trinajstić information content (AvgIpc) is 3.15. The third-order valence-corrected chi connectivity index (χ3v) is 5.08. The summed E-state index contributed by atoms with van der Waals surface area (Å²) in [4.78, 5) is 14.9. The Kier molecular flexibility index (Phi) is 7.62. The van der Waals surface area contributed by atoms with Gasteiger partial charge in [0.1, 0.15) is 5.82 Å². The Balaban J connectivity index is 1.75. The Morgan fingerprint density at radius 3 is 2.48 bits per heavy atom. The highest BCUT2D eigenvalue weighted by Gasteiger charge is 2.16. The molecule has 0 aliphatic rings. The maximum atomic E-state index is 13.5. The molecule has 1 heterocycles. The lowest BCUT2D eigenvalue weighted by Crippen LogP contribution is -2.30. The van der Waals surface area contributed by atoms with Crippen LogP contribution < -0.4 is 0 Å². The van der Waals surface area contributed by atoms with Crippen LogP contribution in [0.4, 0.5) is 4.39 Å². The fourth-order valence-corrected chi connectivity index (χ4v) is 3.50. The maximum Gasteiger partial charge on any atom is 0.223 e. The summed E-state index contributed by atoms with van der Waals surface area (Å²) in [6, 6.07) is 20.8. The third kappa shape index (κ3) is 6.31. The third-order valence-electron chi connectivity index (χ3n) is 5.08. The first-order valence-corrected chi connectivity index (χ1v) is 10.4. The molecular weight excluding hydrogens is 363 g/mol. The van der Waals surface area contributed by atoms with Crippen molar-refractivity contribution in [2.24, 2.45) is 0 Å². The van der Waals surface area contributed by atoms with Crippen LogP contribution in [0.5, 0.6) is 0 Å². The van der Waals surface area contributed by atoms with E-state index in [2.05, 4.69) is 23.6 Å². The van der Waals surface area contributed by atoms with E-state index >= 15 is 0 Å². The Labute approximate surface area is 172 Å². The van der Waals surface area contributed by atoms with Crippen LogP contribution in [0.2, 0.25) is 0 Å². The van der Waals surface area contributed by atoms with E-state index in [0.29, 0.717) is 26.1 Å². The fraction of sp³-hybridized carbons (Fsp3) is 0.320. The van der Waals surface area contributed by atoms with E-state index in [-0.39, 0.29) is 11.7 Å². The van der Waals surface area contributed by atoms with Gasteiger partial charge in [0.2, 0.25) is 5.91 Å². The summed E-state index contributed by atoms with van der Waals surface area (Å²) in [6.45, 7) is 3.87. The van der Waals surface area contributed by atoms with Crippen molar-refractivity contribution in [2.75, 3.05) is 0 Å². The summed E-state index contributed by atoms with van der Waals surface area (Å²) in [7, 11) is 0. The summed E-state index contributed by atoms with van der Waals surface area (Å²) in [5.41, 5.74) is 3.08. The first kappa shape index (κ1) is 20.8. The van der Waals surface area contributed by atoms with Crippen molar-refractivity contribution in [3.8, 4) is 0 Å². The smallest absolute Gasteiger partial charge is 0.223 e. The Bertz CT molecular complexity index is 904. The first-order valence-electron chi connectivity index (χ1n) is 10.4. The number of nitrogens with zero attached hydrogens (tertiary/aromatic N) is 2. The summed E-state index contributed by atoms with van der Waals surface area (Å²) in [6.07, 6.45) is 5.65. The largest absolute Gasteiger partial charge is 0.345 e. The normalized spacial score (nSPS) is 10.8.